The molecule has 2 rings (SSSR count). The lowest BCUT2D eigenvalue weighted by atomic mass is 9.99. The fourth-order valence-corrected chi connectivity index (χ4v) is 2.15. The van der Waals surface area contributed by atoms with E-state index in [1.807, 2.05) is 12.1 Å². The molecule has 0 saturated carbocycles. The molecule has 0 aliphatic heterocycles. The minimum absolute atomic E-state index is 0.223. The Morgan fingerprint density at radius 2 is 2.15 bits per heavy atom. The number of halogens is 1. The molecule has 1 atom stereocenters. The number of benzene rings is 1. The van der Waals surface area contributed by atoms with E-state index in [9.17, 15) is 4.39 Å². The molecule has 1 unspecified atom stereocenters. The van der Waals surface area contributed by atoms with Crippen LogP contribution in [0.15, 0.2) is 42.7 Å². The van der Waals surface area contributed by atoms with Crippen molar-refractivity contribution < 1.29 is 9.13 Å². The number of hydrogen-bond donors (Lipinski definition) is 1. The summed E-state index contributed by atoms with van der Waals surface area (Å²) in [7, 11) is 1.47. The van der Waals surface area contributed by atoms with Gasteiger partial charge in [-0.15, -0.1) is 0 Å². The van der Waals surface area contributed by atoms with E-state index >= 15 is 0 Å². The summed E-state index contributed by atoms with van der Waals surface area (Å²) in [6.45, 7) is 2.88. The molecule has 106 valence electrons. The van der Waals surface area contributed by atoms with E-state index in [1.165, 1.54) is 7.11 Å². The largest absolute Gasteiger partial charge is 0.494 e. The van der Waals surface area contributed by atoms with E-state index in [2.05, 4.69) is 17.2 Å². The predicted molar refractivity (Wildman–Crippen MR) is 77.3 cm³/mol. The quantitative estimate of drug-likeness (QED) is 0.877. The van der Waals surface area contributed by atoms with Crippen molar-refractivity contribution >= 4 is 0 Å². The number of methoxy groups -OCH3 is 1. The molecule has 0 fully saturated rings. The molecule has 1 aromatic heterocycles. The standard InChI is InChI=1S/C16H19FN2O/c1-3-9-19-16(12-6-5-10-18-11-12)13-7-4-8-14(20-2)15(13)17/h4-8,10-11,16,19H,3,9H2,1-2H3. The lowest BCUT2D eigenvalue weighted by Gasteiger charge is -2.20. The summed E-state index contributed by atoms with van der Waals surface area (Å²) in [6.07, 6.45) is 4.44. The third-order valence-corrected chi connectivity index (χ3v) is 3.14. The van der Waals surface area contributed by atoms with E-state index in [0.717, 1.165) is 18.5 Å². The van der Waals surface area contributed by atoms with Gasteiger partial charge in [0.15, 0.2) is 11.6 Å². The Hall–Kier alpha value is -1.94. The maximum absolute atomic E-state index is 14.5. The van der Waals surface area contributed by atoms with E-state index < -0.39 is 0 Å². The number of nitrogens with one attached hydrogen (secondary N) is 1. The summed E-state index contributed by atoms with van der Waals surface area (Å²) in [5.41, 5.74) is 1.51. The molecule has 4 heteroatoms. The second-order valence-electron chi connectivity index (χ2n) is 4.54. The lowest BCUT2D eigenvalue weighted by Crippen LogP contribution is -2.24. The van der Waals surface area contributed by atoms with Gasteiger partial charge in [-0.3, -0.25) is 4.98 Å². The van der Waals surface area contributed by atoms with Crippen LogP contribution in [0.25, 0.3) is 0 Å². The van der Waals surface area contributed by atoms with Crippen LogP contribution in [0.2, 0.25) is 0 Å². The minimum atomic E-state index is -0.326. The Labute approximate surface area is 118 Å². The summed E-state index contributed by atoms with van der Waals surface area (Å²) >= 11 is 0. The number of hydrogen-bond acceptors (Lipinski definition) is 3. The second kappa shape index (κ2) is 7.01. The Balaban J connectivity index is 2.41. The summed E-state index contributed by atoms with van der Waals surface area (Å²) in [6, 6.07) is 8.78. The molecule has 3 nitrogen and oxygen atoms in total. The lowest BCUT2D eigenvalue weighted by molar-refractivity contribution is 0.381. The Bertz CT molecular complexity index is 545. The number of nitrogens with zero attached hydrogens (tertiary/aromatic N) is 1. The second-order valence-corrected chi connectivity index (χ2v) is 4.54. The highest BCUT2D eigenvalue weighted by atomic mass is 19.1. The maximum Gasteiger partial charge on any atom is 0.170 e. The Morgan fingerprint density at radius 3 is 2.80 bits per heavy atom. The summed E-state index contributed by atoms with van der Waals surface area (Å²) in [5.74, 6) is -0.0675. The normalized spacial score (nSPS) is 12.2. The smallest absolute Gasteiger partial charge is 0.170 e. The van der Waals surface area contributed by atoms with Crippen LogP contribution >= 0.6 is 0 Å². The highest BCUT2D eigenvalue weighted by molar-refractivity contribution is 5.37. The molecule has 0 radical (unpaired) electrons. The molecule has 0 bridgehead atoms. The van der Waals surface area contributed by atoms with Crippen molar-refractivity contribution in [3.63, 3.8) is 0 Å². The zero-order chi connectivity index (χ0) is 14.4. The molecule has 1 N–H and O–H groups in total. The highest BCUT2D eigenvalue weighted by Gasteiger charge is 2.19. The SMILES string of the molecule is CCCNC(c1cccnc1)c1cccc(OC)c1F. The molecule has 0 saturated heterocycles. The zero-order valence-electron chi connectivity index (χ0n) is 11.8. The molecule has 0 aliphatic rings. The predicted octanol–water partition coefficient (Wildman–Crippen LogP) is 3.32. The van der Waals surface area contributed by atoms with Crippen molar-refractivity contribution in [2.75, 3.05) is 13.7 Å². The first-order chi connectivity index (χ1) is 9.77. The monoisotopic (exact) mass is 274 g/mol. The molecule has 0 aliphatic carbocycles. The molecule has 2 aromatic rings. The van der Waals surface area contributed by atoms with Gasteiger partial charge in [0, 0.05) is 18.0 Å². The summed E-state index contributed by atoms with van der Waals surface area (Å²) in [4.78, 5) is 4.12. The van der Waals surface area contributed by atoms with Crippen molar-refractivity contribution in [3.8, 4) is 5.75 Å². The van der Waals surface area contributed by atoms with E-state index in [0.29, 0.717) is 5.56 Å². The van der Waals surface area contributed by atoms with Crippen LogP contribution in [0.5, 0.6) is 5.75 Å². The Kier molecular flexibility index (Phi) is 5.07. The van der Waals surface area contributed by atoms with Crippen molar-refractivity contribution in [1.82, 2.24) is 10.3 Å². The van der Waals surface area contributed by atoms with Crippen LogP contribution in [0, 0.1) is 5.82 Å². The van der Waals surface area contributed by atoms with Gasteiger partial charge in [-0.2, -0.15) is 0 Å². The Morgan fingerprint density at radius 1 is 1.30 bits per heavy atom. The van der Waals surface area contributed by atoms with Gasteiger partial charge >= 0.3 is 0 Å². The van der Waals surface area contributed by atoms with Gasteiger partial charge < -0.3 is 10.1 Å². The molecule has 20 heavy (non-hydrogen) atoms. The van der Waals surface area contributed by atoms with Crippen LogP contribution in [0.1, 0.15) is 30.5 Å². The highest BCUT2D eigenvalue weighted by Crippen LogP contribution is 2.28. The third-order valence-electron chi connectivity index (χ3n) is 3.14. The van der Waals surface area contributed by atoms with Crippen LogP contribution in [-0.2, 0) is 0 Å². The molecular formula is C16H19FN2O. The van der Waals surface area contributed by atoms with Crippen LogP contribution in [-0.4, -0.2) is 18.6 Å². The molecule has 0 spiro atoms. The summed E-state index contributed by atoms with van der Waals surface area (Å²) < 4.78 is 19.5. The van der Waals surface area contributed by atoms with Gasteiger partial charge in [0.25, 0.3) is 0 Å². The van der Waals surface area contributed by atoms with Gasteiger partial charge in [-0.1, -0.05) is 25.1 Å². The number of ether oxygens (including phenoxy) is 1. The molecule has 1 heterocycles. The fourth-order valence-electron chi connectivity index (χ4n) is 2.15. The van der Waals surface area contributed by atoms with Gasteiger partial charge in [0.2, 0.25) is 0 Å². The first-order valence-electron chi connectivity index (χ1n) is 6.73. The number of aromatic nitrogens is 1. The van der Waals surface area contributed by atoms with Crippen molar-refractivity contribution in [2.24, 2.45) is 0 Å². The molecular weight excluding hydrogens is 255 g/mol. The minimum Gasteiger partial charge on any atom is -0.494 e. The molecule has 1 aromatic carbocycles. The van der Waals surface area contributed by atoms with Crippen LogP contribution in [0.4, 0.5) is 4.39 Å². The van der Waals surface area contributed by atoms with Crippen LogP contribution < -0.4 is 10.1 Å². The number of pyridine rings is 1. The van der Waals surface area contributed by atoms with Crippen molar-refractivity contribution in [3.05, 3.63) is 59.7 Å². The van der Waals surface area contributed by atoms with E-state index in [4.69, 9.17) is 4.74 Å². The van der Waals surface area contributed by atoms with Gasteiger partial charge in [-0.05, 0) is 30.7 Å². The van der Waals surface area contributed by atoms with Crippen molar-refractivity contribution in [2.45, 2.75) is 19.4 Å². The van der Waals surface area contributed by atoms with Gasteiger partial charge in [0.1, 0.15) is 0 Å². The van der Waals surface area contributed by atoms with E-state index in [-0.39, 0.29) is 17.6 Å². The molecule has 0 amide bonds. The third kappa shape index (κ3) is 3.14. The first kappa shape index (κ1) is 14.5. The van der Waals surface area contributed by atoms with Crippen LogP contribution in [0.3, 0.4) is 0 Å². The topological polar surface area (TPSA) is 34.2 Å². The number of rotatable bonds is 6. The fraction of sp³-hybridized carbons (Fsp3) is 0.312. The average molecular weight is 274 g/mol. The van der Waals surface area contributed by atoms with E-state index in [1.54, 1.807) is 30.6 Å². The first-order valence-corrected chi connectivity index (χ1v) is 6.73. The van der Waals surface area contributed by atoms with Crippen molar-refractivity contribution in [1.29, 1.82) is 0 Å². The average Bonchev–Trinajstić information content (AvgIpc) is 2.50. The summed E-state index contributed by atoms with van der Waals surface area (Å²) in [5, 5.41) is 3.36. The maximum atomic E-state index is 14.5. The zero-order valence-corrected chi connectivity index (χ0v) is 11.8. The van der Waals surface area contributed by atoms with Gasteiger partial charge in [-0.25, -0.2) is 4.39 Å². The van der Waals surface area contributed by atoms with Gasteiger partial charge in [0.05, 0.1) is 13.2 Å².